The molecule has 0 aromatic heterocycles. The summed E-state index contributed by atoms with van der Waals surface area (Å²) in [6.45, 7) is 12.1. The third-order valence-corrected chi connectivity index (χ3v) is 4.22. The number of carbonyl (C=O) groups excluding carboxylic acids is 2. The molecule has 21 heavy (non-hydrogen) atoms. The van der Waals surface area contributed by atoms with E-state index in [0.717, 1.165) is 12.0 Å². The van der Waals surface area contributed by atoms with Crippen LogP contribution in [0.4, 0.5) is 0 Å². The summed E-state index contributed by atoms with van der Waals surface area (Å²) >= 11 is 0. The molecule has 2 heteroatoms. The van der Waals surface area contributed by atoms with Gasteiger partial charge in [-0.15, -0.1) is 0 Å². The molecule has 0 bridgehead atoms. The largest absolute Gasteiger partial charge is 0.299 e. The van der Waals surface area contributed by atoms with Gasteiger partial charge < -0.3 is 0 Å². The summed E-state index contributed by atoms with van der Waals surface area (Å²) in [5, 5.41) is 0. The Bertz CT molecular complexity index is 355. The van der Waals surface area contributed by atoms with Crippen LogP contribution in [0.25, 0.3) is 0 Å². The third kappa shape index (κ3) is 8.18. The monoisotopic (exact) mass is 294 g/mol. The Hall–Kier alpha value is -0.920. The predicted octanol–water partition coefficient (Wildman–Crippen LogP) is 5.36. The fourth-order valence-electron chi connectivity index (χ4n) is 2.87. The van der Waals surface area contributed by atoms with Crippen LogP contribution < -0.4 is 0 Å². The van der Waals surface area contributed by atoms with Crippen LogP contribution in [0.1, 0.15) is 80.1 Å². The number of hydrogen-bond acceptors (Lipinski definition) is 2. The smallest absolute Gasteiger partial charge is 0.168 e. The van der Waals surface area contributed by atoms with Gasteiger partial charge in [0.15, 0.2) is 5.78 Å². The van der Waals surface area contributed by atoms with Crippen molar-refractivity contribution in [3.8, 4) is 0 Å². The van der Waals surface area contributed by atoms with Gasteiger partial charge in [0.25, 0.3) is 0 Å². The highest BCUT2D eigenvalue weighted by Gasteiger charge is 2.21. The van der Waals surface area contributed by atoms with Crippen LogP contribution in [0, 0.1) is 17.8 Å². The van der Waals surface area contributed by atoms with E-state index in [9.17, 15) is 9.59 Å². The topological polar surface area (TPSA) is 34.1 Å². The lowest BCUT2D eigenvalue weighted by atomic mass is 9.89. The molecule has 2 nitrogen and oxygen atoms in total. The van der Waals surface area contributed by atoms with Gasteiger partial charge >= 0.3 is 0 Å². The molecule has 0 spiro atoms. The van der Waals surface area contributed by atoms with Gasteiger partial charge in [-0.3, -0.25) is 9.59 Å². The summed E-state index contributed by atoms with van der Waals surface area (Å²) in [6.07, 6.45) is 8.74. The van der Waals surface area contributed by atoms with Crippen molar-refractivity contribution in [2.24, 2.45) is 17.8 Å². The molecule has 0 aromatic carbocycles. The Balaban J connectivity index is 4.41. The molecule has 0 fully saturated rings. The van der Waals surface area contributed by atoms with E-state index in [-0.39, 0.29) is 11.6 Å². The summed E-state index contributed by atoms with van der Waals surface area (Å²) in [6, 6.07) is 0. The van der Waals surface area contributed by atoms with Gasteiger partial charge in [0.05, 0.1) is 5.92 Å². The summed E-state index contributed by atoms with van der Waals surface area (Å²) in [5.41, 5.74) is 0.748. The maximum absolute atomic E-state index is 12.2. The Labute approximate surface area is 131 Å². The Morgan fingerprint density at radius 2 is 1.67 bits per heavy atom. The van der Waals surface area contributed by atoms with Crippen LogP contribution in [-0.4, -0.2) is 11.6 Å². The maximum Gasteiger partial charge on any atom is 0.168 e. The number of rotatable bonds is 11. The van der Waals surface area contributed by atoms with Crippen LogP contribution in [0.2, 0.25) is 0 Å². The number of unbranched alkanes of at least 4 members (excludes halogenated alkanes) is 2. The number of Topliss-reactive ketones (excluding diaryl/α,β-unsaturated/α-hetero) is 2. The normalized spacial score (nSPS) is 16.4. The highest BCUT2D eigenvalue weighted by atomic mass is 16.1. The zero-order valence-corrected chi connectivity index (χ0v) is 14.9. The fraction of sp³-hybridized carbons (Fsp3) is 0.789. The molecule has 0 saturated heterocycles. The highest BCUT2D eigenvalue weighted by molar-refractivity contribution is 6.09. The average molecular weight is 294 g/mol. The standard InChI is InChI=1S/C19H34O2/c1-7-9-10-11-14(3)12-15(4)13-16(5)19(21)17(6)18(20)8-2/h13-15,17H,7-12H2,1-6H3/b16-13+/t14-,15-,17+/m0/s1. The van der Waals surface area contributed by atoms with Crippen LogP contribution >= 0.6 is 0 Å². The van der Waals surface area contributed by atoms with E-state index in [1.807, 2.05) is 13.8 Å². The lowest BCUT2D eigenvalue weighted by Gasteiger charge is -2.16. The fourth-order valence-corrected chi connectivity index (χ4v) is 2.87. The van der Waals surface area contributed by atoms with Crippen LogP contribution in [0.5, 0.6) is 0 Å². The molecule has 122 valence electrons. The lowest BCUT2D eigenvalue weighted by molar-refractivity contribution is -0.129. The van der Waals surface area contributed by atoms with Gasteiger partial charge in [0, 0.05) is 6.42 Å². The summed E-state index contributed by atoms with van der Waals surface area (Å²) in [5.74, 6) is 0.635. The zero-order valence-electron chi connectivity index (χ0n) is 14.9. The SMILES string of the molecule is CCCCC[C@H](C)C[C@H](C)/C=C(\C)C(=O)[C@H](C)C(=O)CC. The van der Waals surface area contributed by atoms with E-state index in [2.05, 4.69) is 26.8 Å². The second kappa shape index (κ2) is 10.8. The first-order valence-electron chi connectivity index (χ1n) is 8.58. The first-order valence-corrected chi connectivity index (χ1v) is 8.58. The van der Waals surface area contributed by atoms with Gasteiger partial charge in [-0.25, -0.2) is 0 Å². The average Bonchev–Trinajstić information content (AvgIpc) is 2.44. The minimum absolute atomic E-state index is 0.00710. The molecule has 0 heterocycles. The first-order chi connectivity index (χ1) is 9.83. The molecule has 0 aliphatic heterocycles. The van der Waals surface area contributed by atoms with E-state index in [4.69, 9.17) is 0 Å². The van der Waals surface area contributed by atoms with Crippen LogP contribution in [0.3, 0.4) is 0 Å². The van der Waals surface area contributed by atoms with Crippen molar-refractivity contribution in [2.45, 2.75) is 80.1 Å². The molecule has 3 atom stereocenters. The summed E-state index contributed by atoms with van der Waals surface area (Å²) in [7, 11) is 0. The molecular formula is C19H34O2. The number of hydrogen-bond donors (Lipinski definition) is 0. The minimum atomic E-state index is -0.486. The third-order valence-electron chi connectivity index (χ3n) is 4.22. The second-order valence-corrected chi connectivity index (χ2v) is 6.57. The molecule has 0 aliphatic rings. The maximum atomic E-state index is 12.2. The molecule has 0 radical (unpaired) electrons. The van der Waals surface area contributed by atoms with E-state index in [0.29, 0.717) is 18.3 Å². The Kier molecular flexibility index (Phi) is 10.3. The Morgan fingerprint density at radius 3 is 2.19 bits per heavy atom. The molecular weight excluding hydrogens is 260 g/mol. The summed E-state index contributed by atoms with van der Waals surface area (Å²) < 4.78 is 0. The van der Waals surface area contributed by atoms with E-state index in [1.165, 1.54) is 25.7 Å². The zero-order chi connectivity index (χ0) is 16.4. The van der Waals surface area contributed by atoms with Crippen molar-refractivity contribution < 1.29 is 9.59 Å². The van der Waals surface area contributed by atoms with Crippen molar-refractivity contribution >= 4 is 11.6 Å². The van der Waals surface area contributed by atoms with Gasteiger partial charge in [0.2, 0.25) is 0 Å². The van der Waals surface area contributed by atoms with E-state index < -0.39 is 5.92 Å². The first kappa shape index (κ1) is 20.1. The van der Waals surface area contributed by atoms with E-state index in [1.54, 1.807) is 6.92 Å². The number of allylic oxidation sites excluding steroid dienone is 2. The molecule has 0 rings (SSSR count). The highest BCUT2D eigenvalue weighted by Crippen LogP contribution is 2.21. The number of carbonyl (C=O) groups is 2. The lowest BCUT2D eigenvalue weighted by Crippen LogP contribution is -2.21. The van der Waals surface area contributed by atoms with Crippen LogP contribution in [0.15, 0.2) is 11.6 Å². The number of ketones is 2. The van der Waals surface area contributed by atoms with Crippen molar-refractivity contribution in [3.05, 3.63) is 11.6 Å². The van der Waals surface area contributed by atoms with Gasteiger partial charge in [-0.2, -0.15) is 0 Å². The van der Waals surface area contributed by atoms with Crippen molar-refractivity contribution in [2.75, 3.05) is 0 Å². The molecule has 0 N–H and O–H groups in total. The van der Waals surface area contributed by atoms with Crippen LogP contribution in [-0.2, 0) is 9.59 Å². The van der Waals surface area contributed by atoms with Gasteiger partial charge in [-0.1, -0.05) is 59.5 Å². The quantitative estimate of drug-likeness (QED) is 0.292. The molecule has 0 saturated carbocycles. The molecule has 0 amide bonds. The molecule has 0 aromatic rings. The van der Waals surface area contributed by atoms with Crippen molar-refractivity contribution in [1.82, 2.24) is 0 Å². The molecule has 0 unspecified atom stereocenters. The summed E-state index contributed by atoms with van der Waals surface area (Å²) in [4.78, 5) is 23.8. The predicted molar refractivity (Wildman–Crippen MR) is 90.3 cm³/mol. The Morgan fingerprint density at radius 1 is 1.05 bits per heavy atom. The van der Waals surface area contributed by atoms with Crippen molar-refractivity contribution in [1.29, 1.82) is 0 Å². The molecule has 0 aliphatic carbocycles. The minimum Gasteiger partial charge on any atom is -0.299 e. The van der Waals surface area contributed by atoms with Gasteiger partial charge in [-0.05, 0) is 37.7 Å². The van der Waals surface area contributed by atoms with E-state index >= 15 is 0 Å². The van der Waals surface area contributed by atoms with Gasteiger partial charge in [0.1, 0.15) is 5.78 Å². The second-order valence-electron chi connectivity index (χ2n) is 6.57. The van der Waals surface area contributed by atoms with Crippen molar-refractivity contribution in [3.63, 3.8) is 0 Å².